The summed E-state index contributed by atoms with van der Waals surface area (Å²) in [6.45, 7) is 1.21. The van der Waals surface area contributed by atoms with E-state index < -0.39 is 24.5 Å². The van der Waals surface area contributed by atoms with Crippen molar-refractivity contribution in [3.63, 3.8) is 0 Å². The van der Waals surface area contributed by atoms with E-state index in [1.807, 2.05) is 6.92 Å². The van der Waals surface area contributed by atoms with Gasteiger partial charge in [0.2, 0.25) is 0 Å². The third-order valence-corrected chi connectivity index (χ3v) is 2.02. The van der Waals surface area contributed by atoms with Crippen LogP contribution in [0.5, 0.6) is 0 Å². The first-order valence-electron chi connectivity index (χ1n) is 4.81. The minimum absolute atomic E-state index is 0.0385. The van der Waals surface area contributed by atoms with Gasteiger partial charge in [-0.05, 0) is 12.1 Å². The van der Waals surface area contributed by atoms with Gasteiger partial charge in [0, 0.05) is 6.42 Å². The van der Waals surface area contributed by atoms with Gasteiger partial charge in [-0.25, -0.2) is 4.79 Å². The molecule has 1 aromatic heterocycles. The molecular formula is C10H13NO5. The standard InChI is InChI=1S/C10H13NO5/c1-2-6-3-4-8(16-6)9(13)11-7(5-12)10(14)15/h3-4,7,12H,2,5H2,1H3,(H,11,13)(H,14,15). The normalized spacial score (nSPS) is 12.1. The summed E-state index contributed by atoms with van der Waals surface area (Å²) in [5, 5.41) is 19.5. The van der Waals surface area contributed by atoms with Gasteiger partial charge >= 0.3 is 5.97 Å². The monoisotopic (exact) mass is 227 g/mol. The van der Waals surface area contributed by atoms with Gasteiger partial charge in [0.25, 0.3) is 5.91 Å². The summed E-state index contributed by atoms with van der Waals surface area (Å²) >= 11 is 0. The number of aliphatic hydroxyl groups is 1. The topological polar surface area (TPSA) is 99.8 Å². The lowest BCUT2D eigenvalue weighted by Gasteiger charge is -2.09. The van der Waals surface area contributed by atoms with Gasteiger partial charge in [0.15, 0.2) is 11.8 Å². The van der Waals surface area contributed by atoms with Crippen molar-refractivity contribution in [3.8, 4) is 0 Å². The SMILES string of the molecule is CCc1ccc(C(=O)NC(CO)C(=O)O)o1. The van der Waals surface area contributed by atoms with Crippen LogP contribution in [-0.4, -0.2) is 34.7 Å². The molecule has 0 aliphatic heterocycles. The molecule has 6 heteroatoms. The molecule has 0 spiro atoms. The van der Waals surface area contributed by atoms with Crippen LogP contribution < -0.4 is 5.32 Å². The Morgan fingerprint density at radius 3 is 2.62 bits per heavy atom. The van der Waals surface area contributed by atoms with Crippen molar-refractivity contribution in [1.82, 2.24) is 5.32 Å². The van der Waals surface area contributed by atoms with Crippen LogP contribution in [0.1, 0.15) is 23.2 Å². The van der Waals surface area contributed by atoms with E-state index in [9.17, 15) is 9.59 Å². The lowest BCUT2D eigenvalue weighted by molar-refractivity contribution is -0.140. The van der Waals surface area contributed by atoms with E-state index >= 15 is 0 Å². The number of hydrogen-bond donors (Lipinski definition) is 3. The van der Waals surface area contributed by atoms with Crippen molar-refractivity contribution in [2.75, 3.05) is 6.61 Å². The molecular weight excluding hydrogens is 214 g/mol. The van der Waals surface area contributed by atoms with E-state index in [-0.39, 0.29) is 5.76 Å². The Morgan fingerprint density at radius 2 is 2.19 bits per heavy atom. The second kappa shape index (κ2) is 5.32. The van der Waals surface area contributed by atoms with Crippen molar-refractivity contribution in [3.05, 3.63) is 23.7 Å². The van der Waals surface area contributed by atoms with Crippen LogP contribution in [0.2, 0.25) is 0 Å². The summed E-state index contributed by atoms with van der Waals surface area (Å²) in [4.78, 5) is 22.0. The second-order valence-electron chi connectivity index (χ2n) is 3.17. The van der Waals surface area contributed by atoms with E-state index in [1.165, 1.54) is 6.07 Å². The summed E-state index contributed by atoms with van der Waals surface area (Å²) in [6.07, 6.45) is 0.648. The molecule has 16 heavy (non-hydrogen) atoms. The van der Waals surface area contributed by atoms with Crippen molar-refractivity contribution >= 4 is 11.9 Å². The van der Waals surface area contributed by atoms with Crippen molar-refractivity contribution in [2.45, 2.75) is 19.4 Å². The highest BCUT2D eigenvalue weighted by Gasteiger charge is 2.21. The number of nitrogens with one attached hydrogen (secondary N) is 1. The molecule has 1 heterocycles. The highest BCUT2D eigenvalue weighted by atomic mass is 16.4. The van der Waals surface area contributed by atoms with E-state index in [1.54, 1.807) is 6.07 Å². The number of carboxylic acids is 1. The maximum Gasteiger partial charge on any atom is 0.328 e. The molecule has 1 aromatic rings. The molecule has 3 N–H and O–H groups in total. The Labute approximate surface area is 91.9 Å². The lowest BCUT2D eigenvalue weighted by atomic mass is 10.3. The van der Waals surface area contributed by atoms with Crippen LogP contribution in [0, 0.1) is 0 Å². The molecule has 88 valence electrons. The van der Waals surface area contributed by atoms with Gasteiger partial charge in [0.05, 0.1) is 6.61 Å². The Kier molecular flexibility index (Phi) is 4.07. The molecule has 1 amide bonds. The fourth-order valence-electron chi connectivity index (χ4n) is 1.10. The first-order valence-corrected chi connectivity index (χ1v) is 4.81. The van der Waals surface area contributed by atoms with E-state index in [4.69, 9.17) is 14.6 Å². The van der Waals surface area contributed by atoms with Crippen LogP contribution in [0.3, 0.4) is 0 Å². The third kappa shape index (κ3) is 2.83. The predicted octanol–water partition coefficient (Wildman–Crippen LogP) is 0.0173. The van der Waals surface area contributed by atoms with Crippen LogP contribution in [0.4, 0.5) is 0 Å². The molecule has 1 rings (SSSR count). The Balaban J connectivity index is 2.67. The first kappa shape index (κ1) is 12.3. The highest BCUT2D eigenvalue weighted by molar-refractivity contribution is 5.94. The third-order valence-electron chi connectivity index (χ3n) is 2.02. The molecule has 0 aromatic carbocycles. The van der Waals surface area contributed by atoms with Gasteiger partial charge < -0.3 is 19.9 Å². The van der Waals surface area contributed by atoms with E-state index in [0.717, 1.165) is 0 Å². The van der Waals surface area contributed by atoms with Gasteiger partial charge in [-0.15, -0.1) is 0 Å². The molecule has 0 fully saturated rings. The molecule has 0 aliphatic carbocycles. The number of carbonyl (C=O) groups excluding carboxylic acids is 1. The Hall–Kier alpha value is -1.82. The fraction of sp³-hybridized carbons (Fsp3) is 0.400. The molecule has 0 aliphatic rings. The number of furan rings is 1. The van der Waals surface area contributed by atoms with Crippen LogP contribution in [0.25, 0.3) is 0 Å². The lowest BCUT2D eigenvalue weighted by Crippen LogP contribution is -2.43. The second-order valence-corrected chi connectivity index (χ2v) is 3.17. The van der Waals surface area contributed by atoms with E-state index in [0.29, 0.717) is 12.2 Å². The van der Waals surface area contributed by atoms with Crippen molar-refractivity contribution in [1.29, 1.82) is 0 Å². The minimum atomic E-state index is -1.32. The van der Waals surface area contributed by atoms with E-state index in [2.05, 4.69) is 5.32 Å². The van der Waals surface area contributed by atoms with Gasteiger partial charge in [-0.1, -0.05) is 6.92 Å². The number of hydrogen-bond acceptors (Lipinski definition) is 4. The number of amides is 1. The number of rotatable bonds is 5. The number of aryl methyl sites for hydroxylation is 1. The van der Waals surface area contributed by atoms with Gasteiger partial charge in [-0.2, -0.15) is 0 Å². The summed E-state index contributed by atoms with van der Waals surface area (Å²) in [5.74, 6) is -1.27. The summed E-state index contributed by atoms with van der Waals surface area (Å²) in [5.41, 5.74) is 0. The molecule has 1 atom stereocenters. The smallest absolute Gasteiger partial charge is 0.328 e. The zero-order chi connectivity index (χ0) is 12.1. The van der Waals surface area contributed by atoms with Crippen molar-refractivity contribution in [2.24, 2.45) is 0 Å². The van der Waals surface area contributed by atoms with Gasteiger partial charge in [-0.3, -0.25) is 4.79 Å². The Morgan fingerprint density at radius 1 is 1.50 bits per heavy atom. The molecule has 0 saturated heterocycles. The molecule has 0 radical (unpaired) electrons. The first-order chi connectivity index (χ1) is 7.58. The molecule has 6 nitrogen and oxygen atoms in total. The minimum Gasteiger partial charge on any atom is -0.480 e. The van der Waals surface area contributed by atoms with Crippen LogP contribution in [0.15, 0.2) is 16.5 Å². The van der Waals surface area contributed by atoms with Crippen molar-refractivity contribution < 1.29 is 24.2 Å². The number of aliphatic hydroxyl groups excluding tert-OH is 1. The predicted molar refractivity (Wildman–Crippen MR) is 54.1 cm³/mol. The largest absolute Gasteiger partial charge is 0.480 e. The molecule has 0 bridgehead atoms. The van der Waals surface area contributed by atoms with Crippen LogP contribution >= 0.6 is 0 Å². The fourth-order valence-corrected chi connectivity index (χ4v) is 1.10. The summed E-state index contributed by atoms with van der Waals surface area (Å²) in [6, 6.07) is 1.79. The molecule has 0 saturated carbocycles. The number of carboxylic acid groups (broad SMARTS) is 1. The zero-order valence-corrected chi connectivity index (χ0v) is 8.77. The zero-order valence-electron chi connectivity index (χ0n) is 8.77. The molecule has 1 unspecified atom stereocenters. The van der Waals surface area contributed by atoms with Gasteiger partial charge in [0.1, 0.15) is 5.76 Å². The average molecular weight is 227 g/mol. The Bertz CT molecular complexity index is 384. The average Bonchev–Trinajstić information content (AvgIpc) is 2.73. The quantitative estimate of drug-likeness (QED) is 0.658. The summed E-state index contributed by atoms with van der Waals surface area (Å²) < 4.78 is 5.13. The maximum absolute atomic E-state index is 11.5. The van der Waals surface area contributed by atoms with Crippen LogP contribution in [-0.2, 0) is 11.2 Å². The highest BCUT2D eigenvalue weighted by Crippen LogP contribution is 2.08. The number of aliphatic carboxylic acids is 1. The maximum atomic E-state index is 11.5. The summed E-state index contributed by atoms with van der Waals surface area (Å²) in [7, 11) is 0. The number of carbonyl (C=O) groups is 2.